The molecule has 1 aliphatic heterocycles. The molecule has 0 aliphatic carbocycles. The van der Waals surface area contributed by atoms with Crippen molar-refractivity contribution in [3.05, 3.63) is 0 Å². The minimum absolute atomic E-state index is 0.00586. The number of nitrogens with zero attached hydrogens (tertiary/aromatic N) is 1. The van der Waals surface area contributed by atoms with Crippen molar-refractivity contribution in [1.82, 2.24) is 0 Å². The van der Waals surface area contributed by atoms with E-state index in [1.807, 2.05) is 0 Å². The third kappa shape index (κ3) is 2.53. The van der Waals surface area contributed by atoms with Crippen molar-refractivity contribution < 1.29 is 18.9 Å². The van der Waals surface area contributed by atoms with Gasteiger partial charge in [0.05, 0.1) is 19.5 Å². The van der Waals surface area contributed by atoms with Crippen molar-refractivity contribution >= 4 is 17.7 Å². The van der Waals surface area contributed by atoms with Gasteiger partial charge in [-0.1, -0.05) is 0 Å². The van der Waals surface area contributed by atoms with Gasteiger partial charge in [-0.3, -0.25) is 14.1 Å². The van der Waals surface area contributed by atoms with Crippen LogP contribution in [0.1, 0.15) is 12.8 Å². The zero-order chi connectivity index (χ0) is 11.6. The monoisotopic (exact) mass is 214 g/mol. The minimum Gasteiger partial charge on any atom is -0.370 e. The van der Waals surface area contributed by atoms with Gasteiger partial charge in [0.15, 0.2) is 6.54 Å². The standard InChI is InChI=1S/C9H15N3O3/c1-12(5-8(11)14)3-2-6(9(12)15)4-7(10)13/h6H,2-5H2,1H3,(H3-,10,11,13,14)/p+1. The summed E-state index contributed by atoms with van der Waals surface area (Å²) in [7, 11) is 1.66. The summed E-state index contributed by atoms with van der Waals surface area (Å²) in [4.78, 5) is 33.4. The van der Waals surface area contributed by atoms with Crippen LogP contribution in [0.25, 0.3) is 0 Å². The third-order valence-corrected chi connectivity index (χ3v) is 2.80. The lowest BCUT2D eigenvalue weighted by molar-refractivity contribution is -0.818. The van der Waals surface area contributed by atoms with Gasteiger partial charge >= 0.3 is 5.91 Å². The summed E-state index contributed by atoms with van der Waals surface area (Å²) < 4.78 is -0.00667. The van der Waals surface area contributed by atoms with Crippen LogP contribution in [0, 0.1) is 5.92 Å². The Hall–Kier alpha value is -1.43. The summed E-state index contributed by atoms with van der Waals surface area (Å²) in [6.07, 6.45) is 0.650. The topological polar surface area (TPSA) is 103 Å². The molecule has 6 nitrogen and oxygen atoms in total. The van der Waals surface area contributed by atoms with Crippen molar-refractivity contribution in [3.8, 4) is 0 Å². The molecule has 4 N–H and O–H groups in total. The van der Waals surface area contributed by atoms with E-state index in [1.54, 1.807) is 7.05 Å². The lowest BCUT2D eigenvalue weighted by Crippen LogP contribution is -2.51. The summed E-state index contributed by atoms with van der Waals surface area (Å²) in [6, 6.07) is 0. The average molecular weight is 214 g/mol. The van der Waals surface area contributed by atoms with Crippen LogP contribution in [0.5, 0.6) is 0 Å². The first-order valence-electron chi connectivity index (χ1n) is 4.81. The van der Waals surface area contributed by atoms with Crippen LogP contribution in [0.15, 0.2) is 0 Å². The number of amides is 3. The van der Waals surface area contributed by atoms with E-state index in [1.165, 1.54) is 0 Å². The van der Waals surface area contributed by atoms with Crippen molar-refractivity contribution in [2.45, 2.75) is 12.8 Å². The fraction of sp³-hybridized carbons (Fsp3) is 0.667. The number of primary amides is 2. The van der Waals surface area contributed by atoms with E-state index in [0.717, 1.165) is 0 Å². The van der Waals surface area contributed by atoms with Crippen LogP contribution in [-0.2, 0) is 14.4 Å². The lowest BCUT2D eigenvalue weighted by atomic mass is 10.0. The number of rotatable bonds is 4. The van der Waals surface area contributed by atoms with Gasteiger partial charge in [0.1, 0.15) is 0 Å². The number of carbonyl (C=O) groups excluding carboxylic acids is 3. The number of likely N-dealkylation sites (tertiary alicyclic amines) is 1. The van der Waals surface area contributed by atoms with Gasteiger partial charge < -0.3 is 11.5 Å². The smallest absolute Gasteiger partial charge is 0.317 e. The van der Waals surface area contributed by atoms with Crippen LogP contribution in [-0.4, -0.2) is 42.3 Å². The van der Waals surface area contributed by atoms with Crippen LogP contribution in [0.4, 0.5) is 0 Å². The molecule has 0 aromatic heterocycles. The first-order chi connectivity index (χ1) is 6.85. The summed E-state index contributed by atoms with van der Waals surface area (Å²) in [5.41, 5.74) is 10.1. The second kappa shape index (κ2) is 3.98. The zero-order valence-electron chi connectivity index (χ0n) is 8.73. The molecule has 1 aliphatic rings. The largest absolute Gasteiger partial charge is 0.370 e. The molecule has 15 heavy (non-hydrogen) atoms. The number of nitrogens with two attached hydrogens (primary N) is 2. The molecule has 1 heterocycles. The molecule has 0 aromatic carbocycles. The summed E-state index contributed by atoms with van der Waals surface area (Å²) in [5, 5.41) is 0. The Balaban J connectivity index is 2.70. The molecule has 0 spiro atoms. The molecule has 3 amide bonds. The number of hydrogen-bond acceptors (Lipinski definition) is 3. The van der Waals surface area contributed by atoms with E-state index in [9.17, 15) is 14.4 Å². The maximum Gasteiger partial charge on any atom is 0.317 e. The molecule has 1 saturated heterocycles. The molecule has 2 atom stereocenters. The Morgan fingerprint density at radius 3 is 2.47 bits per heavy atom. The first kappa shape index (κ1) is 11.6. The minimum atomic E-state index is -0.509. The molecule has 0 aromatic rings. The van der Waals surface area contributed by atoms with E-state index in [4.69, 9.17) is 11.5 Å². The Morgan fingerprint density at radius 2 is 2.00 bits per heavy atom. The third-order valence-electron chi connectivity index (χ3n) is 2.80. The SMILES string of the molecule is C[N+]1(CC(N)=O)CCC(CC(N)=O)C1=O. The van der Waals surface area contributed by atoms with Crippen LogP contribution in [0.2, 0.25) is 0 Å². The molecule has 1 rings (SSSR count). The van der Waals surface area contributed by atoms with E-state index >= 15 is 0 Å². The highest BCUT2D eigenvalue weighted by Gasteiger charge is 2.46. The van der Waals surface area contributed by atoms with Gasteiger partial charge in [-0.05, 0) is 0 Å². The molecule has 84 valence electrons. The lowest BCUT2D eigenvalue weighted by Gasteiger charge is -2.24. The Bertz CT molecular complexity index is 316. The van der Waals surface area contributed by atoms with Crippen molar-refractivity contribution in [2.75, 3.05) is 20.1 Å². The fourth-order valence-electron chi connectivity index (χ4n) is 2.05. The average Bonchev–Trinajstić information content (AvgIpc) is 2.31. The number of likely N-dealkylation sites (N-methyl/N-ethyl adjacent to an activating group) is 1. The maximum absolute atomic E-state index is 11.9. The second-order valence-electron chi connectivity index (χ2n) is 4.24. The highest BCUT2D eigenvalue weighted by Crippen LogP contribution is 2.26. The first-order valence-corrected chi connectivity index (χ1v) is 4.81. The molecule has 0 saturated carbocycles. The normalized spacial score (nSPS) is 30.5. The van der Waals surface area contributed by atoms with E-state index in [-0.39, 0.29) is 29.3 Å². The van der Waals surface area contributed by atoms with Crippen LogP contribution < -0.4 is 11.5 Å². The molecular formula is C9H16N3O3+. The predicted octanol–water partition coefficient (Wildman–Crippen LogP) is -1.66. The predicted molar refractivity (Wildman–Crippen MR) is 52.0 cm³/mol. The quantitative estimate of drug-likeness (QED) is 0.547. The van der Waals surface area contributed by atoms with Crippen molar-refractivity contribution in [3.63, 3.8) is 0 Å². The van der Waals surface area contributed by atoms with Crippen LogP contribution >= 0.6 is 0 Å². The number of quaternary nitrogens is 1. The van der Waals surface area contributed by atoms with Crippen LogP contribution in [0.3, 0.4) is 0 Å². The van der Waals surface area contributed by atoms with E-state index in [2.05, 4.69) is 0 Å². The summed E-state index contributed by atoms with van der Waals surface area (Å²) in [5.74, 6) is -1.47. The van der Waals surface area contributed by atoms with Gasteiger partial charge in [0.2, 0.25) is 5.91 Å². The number of hydrogen-bond donors (Lipinski definition) is 2. The van der Waals surface area contributed by atoms with Gasteiger partial charge in [0, 0.05) is 12.8 Å². The summed E-state index contributed by atoms with van der Waals surface area (Å²) in [6.45, 7) is 0.536. The van der Waals surface area contributed by atoms with Gasteiger partial charge in [-0.15, -0.1) is 0 Å². The highest BCUT2D eigenvalue weighted by molar-refractivity contribution is 5.84. The van der Waals surface area contributed by atoms with Crippen molar-refractivity contribution in [2.24, 2.45) is 17.4 Å². The fourth-order valence-corrected chi connectivity index (χ4v) is 2.05. The molecule has 2 unspecified atom stereocenters. The second-order valence-corrected chi connectivity index (χ2v) is 4.24. The molecule has 1 fully saturated rings. The Morgan fingerprint density at radius 1 is 1.40 bits per heavy atom. The van der Waals surface area contributed by atoms with Gasteiger partial charge in [-0.25, -0.2) is 4.79 Å². The Labute approximate surface area is 87.8 Å². The molecule has 0 radical (unpaired) electrons. The van der Waals surface area contributed by atoms with E-state index < -0.39 is 11.8 Å². The summed E-state index contributed by atoms with van der Waals surface area (Å²) >= 11 is 0. The maximum atomic E-state index is 11.9. The Kier molecular flexibility index (Phi) is 3.09. The van der Waals surface area contributed by atoms with Gasteiger partial charge in [0.25, 0.3) is 5.91 Å². The zero-order valence-corrected chi connectivity index (χ0v) is 8.73. The molecular weight excluding hydrogens is 198 g/mol. The highest BCUT2D eigenvalue weighted by atomic mass is 16.2. The van der Waals surface area contributed by atoms with E-state index in [0.29, 0.717) is 13.0 Å². The molecule has 6 heteroatoms. The van der Waals surface area contributed by atoms with Gasteiger partial charge in [-0.2, -0.15) is 0 Å². The van der Waals surface area contributed by atoms with Crippen molar-refractivity contribution in [1.29, 1.82) is 0 Å². The molecule has 0 bridgehead atoms. The number of carbonyl (C=O) groups is 3.